The van der Waals surface area contributed by atoms with E-state index >= 15 is 0 Å². The molecule has 27 heavy (non-hydrogen) atoms. The lowest BCUT2D eigenvalue weighted by Crippen LogP contribution is -2.52. The first-order valence-corrected chi connectivity index (χ1v) is 10.3. The van der Waals surface area contributed by atoms with Crippen LogP contribution in [-0.2, 0) is 20.7 Å². The average molecular weight is 390 g/mol. The Balaban J connectivity index is 1.90. The second kappa shape index (κ2) is 9.98. The van der Waals surface area contributed by atoms with Crippen molar-refractivity contribution in [3.05, 3.63) is 35.9 Å². The SMILES string of the molecule is CCC(C)(C)C(=O)C(=O)N1CCCCC1C(=S)OCCCc1ccccc1. The van der Waals surface area contributed by atoms with Crippen LogP contribution in [0.25, 0.3) is 0 Å². The minimum atomic E-state index is -0.642. The van der Waals surface area contributed by atoms with Crippen LogP contribution in [0.1, 0.15) is 58.4 Å². The molecule has 0 aromatic heterocycles. The van der Waals surface area contributed by atoms with Crippen molar-refractivity contribution in [1.29, 1.82) is 0 Å². The fourth-order valence-electron chi connectivity index (χ4n) is 3.19. The molecule has 1 atom stereocenters. The van der Waals surface area contributed by atoms with Crippen LogP contribution in [-0.4, -0.2) is 40.8 Å². The Bertz CT molecular complexity index is 657. The highest BCUT2D eigenvalue weighted by Gasteiger charge is 2.39. The normalized spacial score (nSPS) is 17.4. The van der Waals surface area contributed by atoms with Gasteiger partial charge in [-0.25, -0.2) is 0 Å². The molecule has 1 aromatic rings. The summed E-state index contributed by atoms with van der Waals surface area (Å²) >= 11 is 5.48. The Morgan fingerprint density at radius 3 is 2.59 bits per heavy atom. The van der Waals surface area contributed by atoms with Gasteiger partial charge in [0.2, 0.25) is 5.78 Å². The number of carbonyl (C=O) groups excluding carboxylic acids is 2. The Kier molecular flexibility index (Phi) is 7.96. The molecule has 1 aromatic carbocycles. The number of benzene rings is 1. The maximum absolute atomic E-state index is 12.8. The smallest absolute Gasteiger partial charge is 0.291 e. The van der Waals surface area contributed by atoms with Crippen molar-refractivity contribution in [3.63, 3.8) is 0 Å². The van der Waals surface area contributed by atoms with Gasteiger partial charge in [-0.15, -0.1) is 0 Å². The van der Waals surface area contributed by atoms with Gasteiger partial charge in [-0.2, -0.15) is 0 Å². The van der Waals surface area contributed by atoms with Gasteiger partial charge >= 0.3 is 0 Å². The molecule has 1 amide bonds. The summed E-state index contributed by atoms with van der Waals surface area (Å²) in [4.78, 5) is 27.0. The topological polar surface area (TPSA) is 46.6 Å². The maximum Gasteiger partial charge on any atom is 0.291 e. The summed E-state index contributed by atoms with van der Waals surface area (Å²) < 4.78 is 5.80. The predicted octanol–water partition coefficient (Wildman–Crippen LogP) is 4.35. The lowest BCUT2D eigenvalue weighted by atomic mass is 9.84. The summed E-state index contributed by atoms with van der Waals surface area (Å²) in [5.74, 6) is -0.745. The molecule has 0 bridgehead atoms. The third-order valence-electron chi connectivity index (χ3n) is 5.43. The van der Waals surface area contributed by atoms with E-state index in [9.17, 15) is 9.59 Å². The van der Waals surface area contributed by atoms with Gasteiger partial charge in [-0.3, -0.25) is 9.59 Å². The summed E-state index contributed by atoms with van der Waals surface area (Å²) in [6, 6.07) is 9.99. The summed E-state index contributed by atoms with van der Waals surface area (Å²) in [6.45, 7) is 6.68. The molecule has 4 nitrogen and oxygen atoms in total. The molecular formula is C22H31NO3S. The quantitative estimate of drug-likeness (QED) is 0.377. The van der Waals surface area contributed by atoms with E-state index in [1.54, 1.807) is 4.90 Å². The highest BCUT2D eigenvalue weighted by atomic mass is 32.1. The van der Waals surface area contributed by atoms with E-state index in [1.807, 2.05) is 39.0 Å². The minimum Gasteiger partial charge on any atom is -0.485 e. The molecule has 2 rings (SSSR count). The minimum absolute atomic E-state index is 0.269. The van der Waals surface area contributed by atoms with Gasteiger partial charge in [0.25, 0.3) is 5.91 Å². The van der Waals surface area contributed by atoms with Gasteiger partial charge in [-0.1, -0.05) is 51.1 Å². The molecular weight excluding hydrogens is 358 g/mol. The molecule has 0 saturated carbocycles. The lowest BCUT2D eigenvalue weighted by Gasteiger charge is -2.36. The van der Waals surface area contributed by atoms with Crippen LogP contribution >= 0.6 is 12.2 Å². The number of rotatable bonds is 8. The van der Waals surface area contributed by atoms with E-state index in [-0.39, 0.29) is 11.8 Å². The number of amides is 1. The monoisotopic (exact) mass is 389 g/mol. The molecule has 0 radical (unpaired) electrons. The van der Waals surface area contributed by atoms with Crippen molar-refractivity contribution in [1.82, 2.24) is 4.90 Å². The second-order valence-electron chi connectivity index (χ2n) is 7.83. The number of Topliss-reactive ketones (excluding diaryl/α,β-unsaturated/α-hetero) is 1. The molecule has 0 spiro atoms. The largest absolute Gasteiger partial charge is 0.485 e. The zero-order valence-corrected chi connectivity index (χ0v) is 17.5. The first kappa shape index (κ1) is 21.5. The number of ketones is 1. The first-order chi connectivity index (χ1) is 12.9. The fourth-order valence-corrected chi connectivity index (χ4v) is 3.52. The van der Waals surface area contributed by atoms with Crippen molar-refractivity contribution < 1.29 is 14.3 Å². The van der Waals surface area contributed by atoms with Crippen molar-refractivity contribution in [2.75, 3.05) is 13.2 Å². The molecule has 0 N–H and O–H groups in total. The molecule has 1 fully saturated rings. The van der Waals surface area contributed by atoms with E-state index in [0.29, 0.717) is 24.6 Å². The van der Waals surface area contributed by atoms with Gasteiger partial charge in [0.1, 0.15) is 6.04 Å². The highest BCUT2D eigenvalue weighted by molar-refractivity contribution is 7.80. The molecule has 5 heteroatoms. The number of ether oxygens (including phenoxy) is 1. The van der Waals surface area contributed by atoms with Gasteiger partial charge in [-0.05, 0) is 56.3 Å². The summed E-state index contributed by atoms with van der Waals surface area (Å²) in [7, 11) is 0. The number of aryl methyl sites for hydroxylation is 1. The molecule has 0 aliphatic carbocycles. The standard InChI is InChI=1S/C22H31NO3S/c1-4-22(2,3)19(24)20(25)23-15-9-8-14-18(23)21(27)26-16-10-13-17-11-6-5-7-12-17/h5-7,11-12,18H,4,8-10,13-16H2,1-3H3. The van der Waals surface area contributed by atoms with Crippen LogP contribution in [0.15, 0.2) is 30.3 Å². The third-order valence-corrected chi connectivity index (χ3v) is 5.82. The molecule has 1 heterocycles. The number of hydrogen-bond donors (Lipinski definition) is 0. The number of carbonyl (C=O) groups is 2. The van der Waals surface area contributed by atoms with Crippen LogP contribution < -0.4 is 0 Å². The predicted molar refractivity (Wildman–Crippen MR) is 112 cm³/mol. The van der Waals surface area contributed by atoms with Crippen molar-refractivity contribution in [2.24, 2.45) is 5.41 Å². The molecule has 148 valence electrons. The Morgan fingerprint density at radius 1 is 1.22 bits per heavy atom. The number of nitrogens with zero attached hydrogens (tertiary/aromatic N) is 1. The zero-order valence-electron chi connectivity index (χ0n) is 16.7. The van der Waals surface area contributed by atoms with Gasteiger partial charge in [0.15, 0.2) is 5.05 Å². The van der Waals surface area contributed by atoms with Crippen LogP contribution in [0, 0.1) is 5.41 Å². The number of piperidine rings is 1. The Labute approximate surface area is 168 Å². The number of likely N-dealkylation sites (tertiary alicyclic amines) is 1. The van der Waals surface area contributed by atoms with E-state index < -0.39 is 11.3 Å². The van der Waals surface area contributed by atoms with Crippen LogP contribution in [0.2, 0.25) is 0 Å². The summed E-state index contributed by atoms with van der Waals surface area (Å²) in [5.41, 5.74) is 0.630. The third kappa shape index (κ3) is 5.86. The van der Waals surface area contributed by atoms with E-state index in [0.717, 1.165) is 32.1 Å². The number of thiocarbonyl (C=S) groups is 1. The zero-order chi connectivity index (χ0) is 19.9. The number of hydrogen-bond acceptors (Lipinski definition) is 4. The van der Waals surface area contributed by atoms with Crippen molar-refractivity contribution in [3.8, 4) is 0 Å². The summed E-state index contributed by atoms with van der Waals surface area (Å²) in [5, 5.41) is 0.443. The molecule has 1 saturated heterocycles. The first-order valence-electron chi connectivity index (χ1n) is 9.93. The lowest BCUT2D eigenvalue weighted by molar-refractivity contribution is -0.150. The van der Waals surface area contributed by atoms with E-state index in [2.05, 4.69) is 12.1 Å². The summed E-state index contributed by atoms with van der Waals surface area (Å²) in [6.07, 6.45) is 5.10. The van der Waals surface area contributed by atoms with Crippen LogP contribution in [0.5, 0.6) is 0 Å². The Morgan fingerprint density at radius 2 is 1.93 bits per heavy atom. The van der Waals surface area contributed by atoms with Gasteiger partial charge < -0.3 is 9.64 Å². The maximum atomic E-state index is 12.8. The highest BCUT2D eigenvalue weighted by Crippen LogP contribution is 2.26. The Hall–Kier alpha value is -1.75. The molecule has 1 aliphatic rings. The van der Waals surface area contributed by atoms with Crippen LogP contribution in [0.4, 0.5) is 0 Å². The van der Waals surface area contributed by atoms with Crippen molar-refractivity contribution in [2.45, 2.75) is 65.3 Å². The van der Waals surface area contributed by atoms with Gasteiger partial charge in [0.05, 0.1) is 6.61 Å². The molecule has 1 unspecified atom stereocenters. The van der Waals surface area contributed by atoms with E-state index in [1.165, 1.54) is 5.56 Å². The van der Waals surface area contributed by atoms with E-state index in [4.69, 9.17) is 17.0 Å². The second-order valence-corrected chi connectivity index (χ2v) is 8.24. The van der Waals surface area contributed by atoms with Gasteiger partial charge in [0, 0.05) is 12.0 Å². The van der Waals surface area contributed by atoms with Crippen molar-refractivity contribution >= 4 is 29.0 Å². The average Bonchev–Trinajstić information content (AvgIpc) is 2.70. The fraction of sp³-hybridized carbons (Fsp3) is 0.591. The van der Waals surface area contributed by atoms with Crippen LogP contribution in [0.3, 0.4) is 0 Å². The molecule has 1 aliphatic heterocycles.